The van der Waals surface area contributed by atoms with Crippen LogP contribution in [0.5, 0.6) is 0 Å². The summed E-state index contributed by atoms with van der Waals surface area (Å²) in [5, 5.41) is 0. The van der Waals surface area contributed by atoms with Crippen LogP contribution in [0.15, 0.2) is 56.3 Å². The summed E-state index contributed by atoms with van der Waals surface area (Å²) in [7, 11) is 0. The summed E-state index contributed by atoms with van der Waals surface area (Å²) in [6, 6.07) is 9.98. The molecule has 1 aromatic carbocycles. The Hall–Kier alpha value is -3.29. The number of nitrogens with zero attached hydrogens (tertiary/aromatic N) is 1. The van der Waals surface area contributed by atoms with Crippen LogP contribution in [-0.4, -0.2) is 16.4 Å². The Morgan fingerprint density at radius 3 is 2.70 bits per heavy atom. The molecule has 2 heterocycles. The van der Waals surface area contributed by atoms with E-state index in [1.54, 1.807) is 30.3 Å². The molecule has 2 aromatic heterocycles. The molecule has 3 aromatic rings. The predicted molar refractivity (Wildman–Crippen MR) is 79.4 cm³/mol. The lowest BCUT2D eigenvalue weighted by atomic mass is 10.3. The van der Waals surface area contributed by atoms with Crippen LogP contribution in [-0.2, 0) is 11.3 Å². The highest BCUT2D eigenvalue weighted by Crippen LogP contribution is 2.11. The lowest BCUT2D eigenvalue weighted by molar-refractivity contribution is -0.122. The topological polar surface area (TPSA) is 106 Å². The zero-order chi connectivity index (χ0) is 16.2. The van der Waals surface area contributed by atoms with Crippen LogP contribution >= 0.6 is 0 Å². The van der Waals surface area contributed by atoms with Gasteiger partial charge in [0.05, 0.1) is 11.8 Å². The van der Waals surface area contributed by atoms with Crippen LogP contribution in [0.3, 0.4) is 0 Å². The van der Waals surface area contributed by atoms with E-state index < -0.39 is 17.6 Å². The van der Waals surface area contributed by atoms with Crippen molar-refractivity contribution in [3.63, 3.8) is 0 Å². The van der Waals surface area contributed by atoms with Gasteiger partial charge in [0.1, 0.15) is 0 Å². The van der Waals surface area contributed by atoms with Gasteiger partial charge in [-0.25, -0.2) is 4.79 Å². The minimum Gasteiger partial charge on any atom is -0.459 e. The maximum atomic E-state index is 11.8. The number of nitrogens with one attached hydrogen (secondary N) is 2. The van der Waals surface area contributed by atoms with E-state index >= 15 is 0 Å². The largest absolute Gasteiger partial charge is 0.459 e. The molecule has 0 bridgehead atoms. The first-order valence-electron chi connectivity index (χ1n) is 6.86. The molecule has 0 spiro atoms. The fraction of sp³-hybridized carbons (Fsp3) is 0.133. The molecule has 0 atom stereocenters. The highest BCUT2D eigenvalue weighted by molar-refractivity contribution is 5.92. The lowest BCUT2D eigenvalue weighted by Crippen LogP contribution is -2.41. The van der Waals surface area contributed by atoms with Gasteiger partial charge in [-0.05, 0) is 24.3 Å². The number of hydrogen-bond acceptors (Lipinski definition) is 5. The number of fused-ring (bicyclic) bond motifs is 1. The molecule has 8 nitrogen and oxygen atoms in total. The molecular weight excluding hydrogens is 302 g/mol. The van der Waals surface area contributed by atoms with Crippen molar-refractivity contribution in [1.29, 1.82) is 0 Å². The van der Waals surface area contributed by atoms with Crippen LogP contribution < -0.4 is 16.6 Å². The highest BCUT2D eigenvalue weighted by Gasteiger charge is 2.12. The number of furan rings is 1. The molecule has 0 unspecified atom stereocenters. The number of amides is 2. The van der Waals surface area contributed by atoms with E-state index in [-0.39, 0.29) is 18.7 Å². The number of aromatic nitrogens is 1. The normalized spacial score (nSPS) is 10.6. The molecule has 8 heteroatoms. The van der Waals surface area contributed by atoms with Crippen molar-refractivity contribution in [1.82, 2.24) is 15.4 Å². The number of carbonyl (C=O) groups excluding carboxylic acids is 2. The summed E-state index contributed by atoms with van der Waals surface area (Å²) in [4.78, 5) is 35.1. The second kappa shape index (κ2) is 6.22. The Kier molecular flexibility index (Phi) is 3.96. The molecule has 0 aliphatic rings. The first kappa shape index (κ1) is 14.6. The van der Waals surface area contributed by atoms with Crippen molar-refractivity contribution in [3.8, 4) is 0 Å². The minimum absolute atomic E-state index is 0.00185. The van der Waals surface area contributed by atoms with E-state index in [0.29, 0.717) is 11.1 Å². The molecule has 2 amide bonds. The summed E-state index contributed by atoms with van der Waals surface area (Å²) in [6.45, 7) is 0.137. The minimum atomic E-state index is -0.561. The first-order valence-corrected chi connectivity index (χ1v) is 6.86. The van der Waals surface area contributed by atoms with Gasteiger partial charge in [0.25, 0.3) is 0 Å². The predicted octanol–water partition coefficient (Wildman–Crippen LogP) is 1.04. The number of hydrogen-bond donors (Lipinski definition) is 2. The Labute approximate surface area is 129 Å². The van der Waals surface area contributed by atoms with E-state index in [1.165, 1.54) is 16.9 Å². The fourth-order valence-corrected chi connectivity index (χ4v) is 2.10. The summed E-state index contributed by atoms with van der Waals surface area (Å²) >= 11 is 0. The van der Waals surface area contributed by atoms with E-state index in [2.05, 4.69) is 10.9 Å². The molecule has 0 saturated heterocycles. The third-order valence-corrected chi connectivity index (χ3v) is 3.20. The third-order valence-electron chi connectivity index (χ3n) is 3.20. The third kappa shape index (κ3) is 3.15. The zero-order valence-electron chi connectivity index (χ0n) is 11.9. The monoisotopic (exact) mass is 315 g/mol. The molecule has 118 valence electrons. The number of carbonyl (C=O) groups is 2. The highest BCUT2D eigenvalue weighted by atomic mass is 16.4. The van der Waals surface area contributed by atoms with Crippen molar-refractivity contribution in [2.24, 2.45) is 0 Å². The SMILES string of the molecule is O=C(CCn1c(=O)oc2ccccc21)NNC(=O)c1ccco1. The van der Waals surface area contributed by atoms with Gasteiger partial charge < -0.3 is 8.83 Å². The summed E-state index contributed by atoms with van der Waals surface area (Å²) in [6.07, 6.45) is 1.36. The van der Waals surface area contributed by atoms with Crippen LogP contribution in [0.25, 0.3) is 11.1 Å². The van der Waals surface area contributed by atoms with Crippen molar-refractivity contribution < 1.29 is 18.4 Å². The molecule has 2 N–H and O–H groups in total. The lowest BCUT2D eigenvalue weighted by Gasteiger charge is -2.06. The molecule has 0 aliphatic carbocycles. The van der Waals surface area contributed by atoms with Gasteiger partial charge in [-0.15, -0.1) is 0 Å². The second-order valence-electron chi connectivity index (χ2n) is 4.72. The Morgan fingerprint density at radius 1 is 1.09 bits per heavy atom. The fourth-order valence-electron chi connectivity index (χ4n) is 2.10. The second-order valence-corrected chi connectivity index (χ2v) is 4.72. The van der Waals surface area contributed by atoms with Gasteiger partial charge in [-0.1, -0.05) is 12.1 Å². The van der Waals surface area contributed by atoms with Crippen molar-refractivity contribution >= 4 is 22.9 Å². The molecule has 0 aliphatic heterocycles. The maximum Gasteiger partial charge on any atom is 0.419 e. The van der Waals surface area contributed by atoms with Crippen LogP contribution in [0.1, 0.15) is 17.0 Å². The number of rotatable bonds is 4. The van der Waals surface area contributed by atoms with E-state index in [4.69, 9.17) is 8.83 Å². The van der Waals surface area contributed by atoms with Crippen LogP contribution in [0, 0.1) is 0 Å². The summed E-state index contributed by atoms with van der Waals surface area (Å²) < 4.78 is 11.3. The standard InChI is InChI=1S/C15H13N3O5/c19-13(16-17-14(20)12-6-3-9-22-12)7-8-18-10-4-1-2-5-11(10)23-15(18)21/h1-6,9H,7-8H2,(H,16,19)(H,17,20). The molecular formula is C15H13N3O5. The van der Waals surface area contributed by atoms with Gasteiger partial charge in [0.15, 0.2) is 11.3 Å². The van der Waals surface area contributed by atoms with Crippen molar-refractivity contribution in [2.75, 3.05) is 0 Å². The number of benzene rings is 1. The number of aryl methyl sites for hydroxylation is 1. The van der Waals surface area contributed by atoms with Crippen molar-refractivity contribution in [2.45, 2.75) is 13.0 Å². The van der Waals surface area contributed by atoms with E-state index in [9.17, 15) is 14.4 Å². The van der Waals surface area contributed by atoms with E-state index in [1.807, 2.05) is 0 Å². The average Bonchev–Trinajstić information content (AvgIpc) is 3.18. The molecule has 0 saturated carbocycles. The first-order chi connectivity index (χ1) is 11.1. The molecule has 0 radical (unpaired) electrons. The summed E-state index contributed by atoms with van der Waals surface area (Å²) in [5.74, 6) is -1.45. The zero-order valence-corrected chi connectivity index (χ0v) is 11.9. The maximum absolute atomic E-state index is 11.8. The van der Waals surface area contributed by atoms with Crippen LogP contribution in [0.2, 0.25) is 0 Å². The van der Waals surface area contributed by atoms with E-state index in [0.717, 1.165) is 0 Å². The number of hydrazine groups is 1. The Morgan fingerprint density at radius 2 is 1.91 bits per heavy atom. The quantitative estimate of drug-likeness (QED) is 0.700. The van der Waals surface area contributed by atoms with Gasteiger partial charge in [-0.3, -0.25) is 25.0 Å². The number of oxazole rings is 1. The van der Waals surface area contributed by atoms with Crippen LogP contribution in [0.4, 0.5) is 0 Å². The van der Waals surface area contributed by atoms with Crippen molar-refractivity contribution in [3.05, 3.63) is 59.0 Å². The Bertz CT molecular complexity index is 891. The van der Waals surface area contributed by atoms with Gasteiger partial charge in [0.2, 0.25) is 5.91 Å². The smallest absolute Gasteiger partial charge is 0.419 e. The number of para-hydroxylation sites is 2. The Balaban J connectivity index is 1.57. The van der Waals surface area contributed by atoms with Gasteiger partial charge in [0, 0.05) is 13.0 Å². The molecule has 0 fully saturated rings. The van der Waals surface area contributed by atoms with Gasteiger partial charge in [-0.2, -0.15) is 0 Å². The average molecular weight is 315 g/mol. The molecule has 23 heavy (non-hydrogen) atoms. The molecule has 3 rings (SSSR count). The summed E-state index contributed by atoms with van der Waals surface area (Å²) in [5.41, 5.74) is 5.56. The van der Waals surface area contributed by atoms with Gasteiger partial charge >= 0.3 is 11.7 Å².